The third-order valence-electron chi connectivity index (χ3n) is 4.11. The molecule has 0 unspecified atom stereocenters. The number of ether oxygens (including phenoxy) is 2. The summed E-state index contributed by atoms with van der Waals surface area (Å²) >= 11 is 1.42. The van der Waals surface area contributed by atoms with Gasteiger partial charge < -0.3 is 14.8 Å². The maximum Gasteiger partial charge on any atom is 0.258 e. The van der Waals surface area contributed by atoms with Crippen molar-refractivity contribution < 1.29 is 14.3 Å². The third-order valence-corrected chi connectivity index (χ3v) is 4.98. The molecule has 7 nitrogen and oxygen atoms in total. The van der Waals surface area contributed by atoms with Crippen LogP contribution in [0.25, 0.3) is 11.0 Å². The number of hydrogen-bond donors (Lipinski definition) is 1. The van der Waals surface area contributed by atoms with Crippen molar-refractivity contribution in [2.45, 2.75) is 13.3 Å². The van der Waals surface area contributed by atoms with Gasteiger partial charge >= 0.3 is 0 Å². The molecule has 3 heterocycles. The first-order valence-corrected chi connectivity index (χ1v) is 9.30. The Bertz CT molecular complexity index is 1100. The number of carbonyl (C=O) groups excluding carboxylic acids is 1. The number of nitrogens with one attached hydrogen (secondary N) is 1. The summed E-state index contributed by atoms with van der Waals surface area (Å²) in [6, 6.07) is 7.01. The van der Waals surface area contributed by atoms with Gasteiger partial charge in [0.2, 0.25) is 12.7 Å². The Morgan fingerprint density at radius 1 is 1.33 bits per heavy atom. The van der Waals surface area contributed by atoms with Crippen LogP contribution in [0.3, 0.4) is 0 Å². The van der Waals surface area contributed by atoms with Gasteiger partial charge in [0.1, 0.15) is 0 Å². The van der Waals surface area contributed by atoms with E-state index >= 15 is 0 Å². The van der Waals surface area contributed by atoms with Gasteiger partial charge in [0.25, 0.3) is 5.56 Å². The standard InChI is InChI=1S/C19H17N3O4S/c1-12-8-18(24)22-14(10-27-19(22)21-12)6-7-20-17(23)5-3-13-2-4-15-16(9-13)26-11-25-15/h2-5,8-10H,6-7,11H2,1H3,(H,20,23). The molecule has 0 spiro atoms. The van der Waals surface area contributed by atoms with Crippen molar-refractivity contribution in [3.8, 4) is 11.5 Å². The Labute approximate surface area is 158 Å². The number of aryl methyl sites for hydroxylation is 1. The molecule has 1 amide bonds. The highest BCUT2D eigenvalue weighted by Gasteiger charge is 2.12. The minimum absolute atomic E-state index is 0.0946. The summed E-state index contributed by atoms with van der Waals surface area (Å²) in [5.41, 5.74) is 2.30. The maximum absolute atomic E-state index is 12.1. The zero-order valence-electron chi connectivity index (χ0n) is 14.6. The lowest BCUT2D eigenvalue weighted by atomic mass is 10.2. The Morgan fingerprint density at radius 2 is 2.19 bits per heavy atom. The minimum Gasteiger partial charge on any atom is -0.454 e. The van der Waals surface area contributed by atoms with Crippen LogP contribution < -0.4 is 20.3 Å². The Morgan fingerprint density at radius 3 is 3.07 bits per heavy atom. The number of thiazole rings is 1. The summed E-state index contributed by atoms with van der Waals surface area (Å²) in [5.74, 6) is 1.18. The second-order valence-corrected chi connectivity index (χ2v) is 6.90. The monoisotopic (exact) mass is 383 g/mol. The van der Waals surface area contributed by atoms with Gasteiger partial charge in [-0.25, -0.2) is 4.98 Å². The van der Waals surface area contributed by atoms with Crippen LogP contribution in [0.5, 0.6) is 11.5 Å². The van der Waals surface area contributed by atoms with E-state index in [1.54, 1.807) is 17.4 Å². The number of carbonyl (C=O) groups is 1. The Hall–Kier alpha value is -3.13. The summed E-state index contributed by atoms with van der Waals surface area (Å²) in [6.45, 7) is 2.45. The number of amides is 1. The number of benzene rings is 1. The number of fused-ring (bicyclic) bond motifs is 2. The molecule has 0 saturated carbocycles. The zero-order chi connectivity index (χ0) is 18.8. The summed E-state index contributed by atoms with van der Waals surface area (Å²) in [5, 5.41) is 4.73. The SMILES string of the molecule is Cc1cc(=O)n2c(CCNC(=O)C=Cc3ccc4c(c3)OCO4)csc2n1. The number of nitrogens with zero attached hydrogens (tertiary/aromatic N) is 2. The topological polar surface area (TPSA) is 81.9 Å². The molecule has 27 heavy (non-hydrogen) atoms. The molecule has 3 aromatic rings. The lowest BCUT2D eigenvalue weighted by molar-refractivity contribution is -0.116. The van der Waals surface area contributed by atoms with Gasteiger partial charge in [-0.2, -0.15) is 0 Å². The van der Waals surface area contributed by atoms with Crippen molar-refractivity contribution in [2.24, 2.45) is 0 Å². The van der Waals surface area contributed by atoms with Gasteiger partial charge in [-0.05, 0) is 30.7 Å². The van der Waals surface area contributed by atoms with E-state index in [2.05, 4.69) is 10.3 Å². The molecule has 0 saturated heterocycles. The van der Waals surface area contributed by atoms with Gasteiger partial charge in [0.05, 0.1) is 0 Å². The van der Waals surface area contributed by atoms with Crippen LogP contribution in [0, 0.1) is 6.92 Å². The molecule has 0 radical (unpaired) electrons. The summed E-state index contributed by atoms with van der Waals surface area (Å²) in [7, 11) is 0. The highest BCUT2D eigenvalue weighted by Crippen LogP contribution is 2.32. The van der Waals surface area contributed by atoms with E-state index in [-0.39, 0.29) is 18.3 Å². The average molecular weight is 383 g/mol. The average Bonchev–Trinajstić information content (AvgIpc) is 3.26. The molecule has 0 fully saturated rings. The molecular weight excluding hydrogens is 366 g/mol. The fourth-order valence-corrected chi connectivity index (χ4v) is 3.79. The molecule has 1 aliphatic heterocycles. The highest BCUT2D eigenvalue weighted by atomic mass is 32.1. The summed E-state index contributed by atoms with van der Waals surface area (Å²) in [4.78, 5) is 29.2. The van der Waals surface area contributed by atoms with Crippen LogP contribution in [0.15, 0.2) is 40.5 Å². The quantitative estimate of drug-likeness (QED) is 0.683. The molecule has 2 aromatic heterocycles. The molecule has 138 valence electrons. The molecule has 0 atom stereocenters. The second kappa shape index (κ2) is 7.24. The van der Waals surface area contributed by atoms with Crippen LogP contribution in [0.2, 0.25) is 0 Å². The molecule has 8 heteroatoms. The fourth-order valence-electron chi connectivity index (χ4n) is 2.82. The van der Waals surface area contributed by atoms with Gasteiger partial charge in [-0.3, -0.25) is 14.0 Å². The number of aromatic nitrogens is 2. The van der Waals surface area contributed by atoms with Crippen molar-refractivity contribution in [3.63, 3.8) is 0 Å². The maximum atomic E-state index is 12.1. The van der Waals surface area contributed by atoms with Gasteiger partial charge in [0, 0.05) is 41.9 Å². The van der Waals surface area contributed by atoms with Crippen LogP contribution in [0.1, 0.15) is 17.0 Å². The predicted molar refractivity (Wildman–Crippen MR) is 102 cm³/mol. The van der Waals surface area contributed by atoms with Crippen molar-refractivity contribution >= 4 is 28.3 Å². The predicted octanol–water partition coefficient (Wildman–Crippen LogP) is 2.17. The largest absolute Gasteiger partial charge is 0.454 e. The lowest BCUT2D eigenvalue weighted by Gasteiger charge is -2.03. The fraction of sp³-hybridized carbons (Fsp3) is 0.211. The van der Waals surface area contributed by atoms with E-state index in [0.29, 0.717) is 35.1 Å². The van der Waals surface area contributed by atoms with E-state index in [4.69, 9.17) is 9.47 Å². The van der Waals surface area contributed by atoms with Crippen molar-refractivity contribution in [3.05, 3.63) is 63.0 Å². The zero-order valence-corrected chi connectivity index (χ0v) is 15.4. The van der Waals surface area contributed by atoms with Gasteiger partial charge in [-0.1, -0.05) is 6.07 Å². The van der Waals surface area contributed by atoms with Crippen LogP contribution in [-0.2, 0) is 11.2 Å². The first-order chi connectivity index (χ1) is 13.1. The minimum atomic E-state index is -0.200. The number of hydrogen-bond acceptors (Lipinski definition) is 6. The second-order valence-electron chi connectivity index (χ2n) is 6.07. The van der Waals surface area contributed by atoms with E-state index in [1.807, 2.05) is 23.6 Å². The molecular formula is C19H17N3O4S. The third kappa shape index (κ3) is 3.70. The smallest absolute Gasteiger partial charge is 0.258 e. The lowest BCUT2D eigenvalue weighted by Crippen LogP contribution is -2.25. The van der Waals surface area contributed by atoms with Crippen LogP contribution in [0.4, 0.5) is 0 Å². The van der Waals surface area contributed by atoms with Crippen LogP contribution in [-0.4, -0.2) is 28.6 Å². The summed E-state index contributed by atoms with van der Waals surface area (Å²) in [6.07, 6.45) is 3.74. The van der Waals surface area contributed by atoms with Gasteiger partial charge in [-0.15, -0.1) is 11.3 Å². The van der Waals surface area contributed by atoms with Crippen molar-refractivity contribution in [2.75, 3.05) is 13.3 Å². The molecule has 1 aromatic carbocycles. The molecule has 1 aliphatic rings. The van der Waals surface area contributed by atoms with E-state index in [1.165, 1.54) is 23.5 Å². The molecule has 1 N–H and O–H groups in total. The first-order valence-electron chi connectivity index (χ1n) is 8.42. The summed E-state index contributed by atoms with van der Waals surface area (Å²) < 4.78 is 12.2. The highest BCUT2D eigenvalue weighted by molar-refractivity contribution is 7.15. The van der Waals surface area contributed by atoms with E-state index in [0.717, 1.165) is 11.3 Å². The Kier molecular flexibility index (Phi) is 4.64. The van der Waals surface area contributed by atoms with E-state index < -0.39 is 0 Å². The molecule has 0 aliphatic carbocycles. The molecule has 0 bridgehead atoms. The Balaban J connectivity index is 1.35. The van der Waals surface area contributed by atoms with Crippen molar-refractivity contribution in [1.82, 2.24) is 14.7 Å². The van der Waals surface area contributed by atoms with E-state index in [9.17, 15) is 9.59 Å². The normalized spacial score (nSPS) is 12.8. The van der Waals surface area contributed by atoms with Crippen molar-refractivity contribution in [1.29, 1.82) is 0 Å². The number of rotatable bonds is 5. The first kappa shape index (κ1) is 17.3. The van der Waals surface area contributed by atoms with Gasteiger partial charge in [0.15, 0.2) is 16.5 Å². The van der Waals surface area contributed by atoms with Crippen LogP contribution >= 0.6 is 11.3 Å². The molecule has 4 rings (SSSR count).